The van der Waals surface area contributed by atoms with Crippen LogP contribution < -0.4 is 0 Å². The van der Waals surface area contributed by atoms with E-state index in [9.17, 15) is 14.0 Å². The number of nitrogens with zero attached hydrogens (tertiary/aromatic N) is 2. The minimum Gasteiger partial charge on any atom is -0.479 e. The molecule has 1 saturated heterocycles. The Labute approximate surface area is 146 Å². The number of aromatic nitrogens is 1. The molecule has 1 aliphatic heterocycles. The molecule has 1 amide bonds. The number of carbonyl (C=O) groups excluding carboxylic acids is 1. The number of hydrogen-bond acceptors (Lipinski definition) is 4. The van der Waals surface area contributed by atoms with Gasteiger partial charge >= 0.3 is 5.97 Å². The highest BCUT2D eigenvalue weighted by molar-refractivity contribution is 7.13. The molecule has 24 heavy (non-hydrogen) atoms. The number of carboxylic acid groups (broad SMARTS) is 1. The van der Waals surface area contributed by atoms with Crippen molar-refractivity contribution in [1.29, 1.82) is 0 Å². The zero-order chi connectivity index (χ0) is 17.3. The maximum absolute atomic E-state index is 14.0. The van der Waals surface area contributed by atoms with E-state index < -0.39 is 18.2 Å². The summed E-state index contributed by atoms with van der Waals surface area (Å²) in [5, 5.41) is 12.1. The number of carbonyl (C=O) groups is 2. The molecule has 0 radical (unpaired) electrons. The van der Waals surface area contributed by atoms with Gasteiger partial charge in [0.2, 0.25) is 11.6 Å². The molecule has 1 aromatic carbocycles. The molecule has 0 bridgehead atoms. The third-order valence-electron chi connectivity index (χ3n) is 3.93. The fourth-order valence-electron chi connectivity index (χ4n) is 2.54. The van der Waals surface area contributed by atoms with Gasteiger partial charge in [0.05, 0.1) is 18.7 Å². The maximum atomic E-state index is 14.0. The number of carboxylic acids is 1. The summed E-state index contributed by atoms with van der Waals surface area (Å²) in [6, 6.07) is 7.22. The summed E-state index contributed by atoms with van der Waals surface area (Å²) in [6.07, 6.45) is -0.152. The maximum Gasteiger partial charge on any atom is 0.343 e. The first-order valence-corrected chi connectivity index (χ1v) is 8.53. The van der Waals surface area contributed by atoms with Crippen molar-refractivity contribution >= 4 is 34.8 Å². The largest absolute Gasteiger partial charge is 0.479 e. The second kappa shape index (κ2) is 6.49. The average Bonchev–Trinajstić information content (AvgIpc) is 3.16. The van der Waals surface area contributed by atoms with Gasteiger partial charge in [-0.25, -0.2) is 14.2 Å². The third kappa shape index (κ3) is 3.42. The van der Waals surface area contributed by atoms with Gasteiger partial charge in [0.1, 0.15) is 5.01 Å². The number of hydrogen-bond donors (Lipinski definition) is 1. The van der Waals surface area contributed by atoms with Gasteiger partial charge in [0.15, 0.2) is 0 Å². The van der Waals surface area contributed by atoms with Gasteiger partial charge in [-0.2, -0.15) is 0 Å². The van der Waals surface area contributed by atoms with Gasteiger partial charge in [0.25, 0.3) is 0 Å². The average molecular weight is 369 g/mol. The predicted molar refractivity (Wildman–Crippen MR) is 88.9 cm³/mol. The van der Waals surface area contributed by atoms with E-state index in [4.69, 9.17) is 16.7 Å². The van der Waals surface area contributed by atoms with Crippen molar-refractivity contribution in [2.24, 2.45) is 0 Å². The van der Waals surface area contributed by atoms with Crippen LogP contribution in [-0.4, -0.2) is 45.6 Å². The van der Waals surface area contributed by atoms with Crippen molar-refractivity contribution in [1.82, 2.24) is 9.88 Å². The fourth-order valence-corrected chi connectivity index (χ4v) is 3.49. The van der Waals surface area contributed by atoms with Gasteiger partial charge in [-0.1, -0.05) is 23.7 Å². The topological polar surface area (TPSA) is 70.5 Å². The monoisotopic (exact) mass is 368 g/mol. The van der Waals surface area contributed by atoms with Gasteiger partial charge in [-0.05, 0) is 12.1 Å². The SMILES string of the molecule is O=C(Cc1csc(-c2ccc(Cl)cc2)n1)N1CCC(F)(C(=O)O)C1. The Kier molecular flexibility index (Phi) is 4.56. The number of alkyl halides is 1. The summed E-state index contributed by atoms with van der Waals surface area (Å²) in [4.78, 5) is 28.8. The van der Waals surface area contributed by atoms with Crippen LogP contribution in [0.15, 0.2) is 29.6 Å². The van der Waals surface area contributed by atoms with E-state index in [0.717, 1.165) is 10.6 Å². The number of benzene rings is 1. The van der Waals surface area contributed by atoms with Crippen molar-refractivity contribution in [2.75, 3.05) is 13.1 Å². The lowest BCUT2D eigenvalue weighted by Gasteiger charge is -2.17. The summed E-state index contributed by atoms with van der Waals surface area (Å²) in [5.74, 6) is -1.83. The molecule has 8 heteroatoms. The van der Waals surface area contributed by atoms with Crippen LogP contribution in [0.25, 0.3) is 10.6 Å². The van der Waals surface area contributed by atoms with E-state index in [2.05, 4.69) is 4.98 Å². The number of aliphatic carboxylic acids is 1. The molecule has 1 N–H and O–H groups in total. The van der Waals surface area contributed by atoms with Crippen LogP contribution in [0.5, 0.6) is 0 Å². The van der Waals surface area contributed by atoms with E-state index in [1.165, 1.54) is 16.2 Å². The molecule has 0 aliphatic carbocycles. The number of thiazole rings is 1. The number of amides is 1. The molecule has 2 aromatic rings. The number of rotatable bonds is 4. The van der Waals surface area contributed by atoms with Crippen molar-refractivity contribution in [2.45, 2.75) is 18.5 Å². The zero-order valence-electron chi connectivity index (χ0n) is 12.5. The van der Waals surface area contributed by atoms with E-state index in [1.54, 1.807) is 17.5 Å². The molecule has 0 spiro atoms. The van der Waals surface area contributed by atoms with Gasteiger partial charge in [-0.15, -0.1) is 11.3 Å². The van der Waals surface area contributed by atoms with Crippen LogP contribution in [-0.2, 0) is 16.0 Å². The minimum absolute atomic E-state index is 0.0276. The molecule has 1 fully saturated rings. The molecule has 1 aliphatic rings. The van der Waals surface area contributed by atoms with Gasteiger partial charge in [0, 0.05) is 28.9 Å². The highest BCUT2D eigenvalue weighted by atomic mass is 35.5. The Morgan fingerprint density at radius 3 is 2.71 bits per heavy atom. The first-order chi connectivity index (χ1) is 11.4. The normalized spacial score (nSPS) is 20.3. The van der Waals surface area contributed by atoms with E-state index in [0.29, 0.717) is 10.7 Å². The van der Waals surface area contributed by atoms with Crippen molar-refractivity contribution in [3.05, 3.63) is 40.4 Å². The Morgan fingerprint density at radius 2 is 2.08 bits per heavy atom. The van der Waals surface area contributed by atoms with Crippen LogP contribution in [0.4, 0.5) is 4.39 Å². The second-order valence-corrected chi connectivity index (χ2v) is 6.96. The predicted octanol–water partition coefficient (Wildman–Crippen LogP) is 3.03. The summed E-state index contributed by atoms with van der Waals surface area (Å²) in [7, 11) is 0. The lowest BCUT2D eigenvalue weighted by molar-refractivity contribution is -0.150. The Bertz CT molecular complexity index is 780. The van der Waals surface area contributed by atoms with Crippen molar-refractivity contribution in [3.63, 3.8) is 0 Å². The van der Waals surface area contributed by atoms with E-state index in [-0.39, 0.29) is 25.3 Å². The Hall–Kier alpha value is -1.99. The zero-order valence-corrected chi connectivity index (χ0v) is 14.1. The second-order valence-electron chi connectivity index (χ2n) is 5.66. The van der Waals surface area contributed by atoms with Crippen LogP contribution in [0.3, 0.4) is 0 Å². The first kappa shape index (κ1) is 16.9. The highest BCUT2D eigenvalue weighted by Gasteiger charge is 2.46. The number of halogens is 2. The molecule has 126 valence electrons. The standard InChI is InChI=1S/C16H14ClFN2O3S/c17-11-3-1-10(2-4-11)14-19-12(8-24-14)7-13(21)20-6-5-16(18,9-20)15(22)23/h1-4,8H,5-7,9H2,(H,22,23). The summed E-state index contributed by atoms with van der Waals surface area (Å²) >= 11 is 7.26. The third-order valence-corrected chi connectivity index (χ3v) is 5.12. The van der Waals surface area contributed by atoms with Crippen molar-refractivity contribution < 1.29 is 19.1 Å². The van der Waals surface area contributed by atoms with E-state index in [1.807, 2.05) is 12.1 Å². The lowest BCUT2D eigenvalue weighted by Crippen LogP contribution is -2.39. The van der Waals surface area contributed by atoms with Gasteiger partial charge in [-0.3, -0.25) is 4.79 Å². The molecule has 1 aromatic heterocycles. The van der Waals surface area contributed by atoms with Crippen LogP contribution in [0.2, 0.25) is 5.02 Å². The Balaban J connectivity index is 1.66. The molecule has 0 saturated carbocycles. The number of likely N-dealkylation sites (tertiary alicyclic amines) is 1. The van der Waals surface area contributed by atoms with E-state index >= 15 is 0 Å². The summed E-state index contributed by atoms with van der Waals surface area (Å²) in [6.45, 7) is -0.300. The van der Waals surface area contributed by atoms with Gasteiger partial charge < -0.3 is 10.0 Å². The summed E-state index contributed by atoms with van der Waals surface area (Å²) in [5.41, 5.74) is -0.855. The highest BCUT2D eigenvalue weighted by Crippen LogP contribution is 2.28. The fraction of sp³-hybridized carbons (Fsp3) is 0.312. The lowest BCUT2D eigenvalue weighted by atomic mass is 10.1. The van der Waals surface area contributed by atoms with Crippen molar-refractivity contribution in [3.8, 4) is 10.6 Å². The quantitative estimate of drug-likeness (QED) is 0.900. The molecule has 5 nitrogen and oxygen atoms in total. The minimum atomic E-state index is -2.34. The summed E-state index contributed by atoms with van der Waals surface area (Å²) < 4.78 is 14.0. The molecule has 3 rings (SSSR count). The van der Waals surface area contributed by atoms with Crippen LogP contribution >= 0.6 is 22.9 Å². The molecule has 1 unspecified atom stereocenters. The molecule has 1 atom stereocenters. The Morgan fingerprint density at radius 1 is 1.38 bits per heavy atom. The molecular formula is C16H14ClFN2O3S. The van der Waals surface area contributed by atoms with Crippen LogP contribution in [0.1, 0.15) is 12.1 Å². The first-order valence-electron chi connectivity index (χ1n) is 7.28. The van der Waals surface area contributed by atoms with Crippen LogP contribution in [0, 0.1) is 0 Å². The molecular weight excluding hydrogens is 355 g/mol. The smallest absolute Gasteiger partial charge is 0.343 e. The molecule has 2 heterocycles.